The molecule has 11 heteroatoms. The predicted octanol–water partition coefficient (Wildman–Crippen LogP) is 3.74. The SMILES string of the molecule is CCCCN=C(N)Nc1ccc(C(=O)Oc2ccc3cc(C(=N)N)ccc3c2CC(N)=O)cc1.Cl.Cl. The van der Waals surface area contributed by atoms with Crippen molar-refractivity contribution in [3.05, 3.63) is 71.3 Å². The monoisotopic (exact) mass is 532 g/mol. The molecule has 0 aliphatic carbocycles. The van der Waals surface area contributed by atoms with Gasteiger partial charge in [0.05, 0.1) is 12.0 Å². The van der Waals surface area contributed by atoms with E-state index in [2.05, 4.69) is 17.2 Å². The number of fused-ring (bicyclic) bond motifs is 1. The number of nitrogens with two attached hydrogens (primary N) is 3. The highest BCUT2D eigenvalue weighted by Crippen LogP contribution is 2.30. The topological polar surface area (TPSA) is 170 Å². The van der Waals surface area contributed by atoms with E-state index in [0.717, 1.165) is 18.2 Å². The van der Waals surface area contributed by atoms with Crippen LogP contribution in [0.1, 0.15) is 41.3 Å². The molecule has 0 unspecified atom stereocenters. The maximum atomic E-state index is 12.8. The molecule has 192 valence electrons. The molecule has 1 amide bonds. The number of halogens is 2. The van der Waals surface area contributed by atoms with Crippen LogP contribution < -0.4 is 27.3 Å². The molecule has 36 heavy (non-hydrogen) atoms. The zero-order valence-corrected chi connectivity index (χ0v) is 21.4. The Bertz CT molecular complexity index is 1260. The molecular weight excluding hydrogens is 503 g/mol. The van der Waals surface area contributed by atoms with Crippen molar-refractivity contribution in [1.29, 1.82) is 5.41 Å². The van der Waals surface area contributed by atoms with E-state index in [1.165, 1.54) is 0 Å². The first-order chi connectivity index (χ1) is 16.3. The van der Waals surface area contributed by atoms with Crippen LogP contribution in [0.15, 0.2) is 59.6 Å². The van der Waals surface area contributed by atoms with E-state index >= 15 is 0 Å². The zero-order valence-electron chi connectivity index (χ0n) is 19.7. The third-order valence-electron chi connectivity index (χ3n) is 5.14. The van der Waals surface area contributed by atoms with Gasteiger partial charge < -0.3 is 27.3 Å². The molecule has 0 fully saturated rings. The number of anilines is 1. The van der Waals surface area contributed by atoms with Crippen LogP contribution in [0.25, 0.3) is 10.8 Å². The van der Waals surface area contributed by atoms with E-state index in [0.29, 0.717) is 40.3 Å². The molecule has 0 aliphatic heterocycles. The standard InChI is InChI=1S/C25H28N6O3.2ClH/c1-2-3-12-30-25(29)31-18-8-4-15(5-9-18)24(33)34-21-11-7-16-13-17(23(27)28)6-10-19(16)20(21)14-22(26)32;;/h4-11,13H,2-3,12,14H2,1H3,(H2,26,32)(H3,27,28)(H3,29,30,31);2*1H. The van der Waals surface area contributed by atoms with Crippen molar-refractivity contribution in [2.45, 2.75) is 26.2 Å². The van der Waals surface area contributed by atoms with Gasteiger partial charge in [0, 0.05) is 23.4 Å². The molecule has 0 heterocycles. The number of rotatable bonds is 9. The molecule has 9 nitrogen and oxygen atoms in total. The van der Waals surface area contributed by atoms with E-state index in [-0.39, 0.29) is 42.8 Å². The summed E-state index contributed by atoms with van der Waals surface area (Å²) in [6.45, 7) is 2.73. The van der Waals surface area contributed by atoms with Crippen molar-refractivity contribution >= 4 is 64.9 Å². The van der Waals surface area contributed by atoms with Gasteiger partial charge in [0.25, 0.3) is 0 Å². The van der Waals surface area contributed by atoms with Gasteiger partial charge in [0.2, 0.25) is 5.91 Å². The second-order valence-electron chi connectivity index (χ2n) is 7.75. The summed E-state index contributed by atoms with van der Waals surface area (Å²) < 4.78 is 5.62. The molecule has 0 spiro atoms. The number of ether oxygens (including phenoxy) is 1. The van der Waals surface area contributed by atoms with Gasteiger partial charge in [-0.3, -0.25) is 15.2 Å². The van der Waals surface area contributed by atoms with Crippen LogP contribution in [-0.2, 0) is 11.2 Å². The minimum atomic E-state index is -0.582. The summed E-state index contributed by atoms with van der Waals surface area (Å²) in [5, 5.41) is 12.0. The normalized spacial score (nSPS) is 10.6. The second-order valence-corrected chi connectivity index (χ2v) is 7.75. The molecule has 0 bridgehead atoms. The van der Waals surface area contributed by atoms with Crippen molar-refractivity contribution in [2.24, 2.45) is 22.2 Å². The Morgan fingerprint density at radius 1 is 0.972 bits per heavy atom. The Kier molecular flexibility index (Phi) is 11.7. The summed E-state index contributed by atoms with van der Waals surface area (Å²) in [5.74, 6) is -0.665. The summed E-state index contributed by atoms with van der Waals surface area (Å²) in [6.07, 6.45) is 1.88. The molecule has 3 aromatic carbocycles. The quantitative estimate of drug-likeness (QED) is 0.0922. The van der Waals surface area contributed by atoms with Crippen LogP contribution in [0.2, 0.25) is 0 Å². The summed E-state index contributed by atoms with van der Waals surface area (Å²) in [6, 6.07) is 15.1. The number of nitrogens with one attached hydrogen (secondary N) is 2. The second kappa shape index (κ2) is 13.9. The van der Waals surface area contributed by atoms with Crippen molar-refractivity contribution in [3.63, 3.8) is 0 Å². The van der Waals surface area contributed by atoms with Gasteiger partial charge in [-0.2, -0.15) is 0 Å². The molecular formula is C25H30Cl2N6O3. The van der Waals surface area contributed by atoms with E-state index in [9.17, 15) is 9.59 Å². The molecule has 0 aliphatic rings. The maximum absolute atomic E-state index is 12.8. The lowest BCUT2D eigenvalue weighted by atomic mass is 9.98. The maximum Gasteiger partial charge on any atom is 0.343 e. The number of hydrogen-bond donors (Lipinski definition) is 5. The average Bonchev–Trinajstić information content (AvgIpc) is 2.80. The molecule has 0 radical (unpaired) electrons. The van der Waals surface area contributed by atoms with Gasteiger partial charge in [-0.25, -0.2) is 4.79 Å². The lowest BCUT2D eigenvalue weighted by molar-refractivity contribution is -0.117. The lowest BCUT2D eigenvalue weighted by Crippen LogP contribution is -2.23. The van der Waals surface area contributed by atoms with Gasteiger partial charge in [-0.1, -0.05) is 31.5 Å². The highest BCUT2D eigenvalue weighted by molar-refractivity contribution is 6.01. The van der Waals surface area contributed by atoms with Crippen LogP contribution in [0.4, 0.5) is 5.69 Å². The molecule has 3 aromatic rings. The Balaban J connectivity index is 0.00000324. The molecule has 0 saturated carbocycles. The Morgan fingerprint density at radius 2 is 1.64 bits per heavy atom. The molecule has 0 saturated heterocycles. The first-order valence-electron chi connectivity index (χ1n) is 10.9. The average molecular weight is 533 g/mol. The third kappa shape index (κ3) is 7.86. The molecule has 0 aromatic heterocycles. The van der Waals surface area contributed by atoms with Crippen molar-refractivity contribution in [3.8, 4) is 5.75 Å². The number of hydrogen-bond acceptors (Lipinski definition) is 5. The zero-order chi connectivity index (χ0) is 24.7. The first-order valence-corrected chi connectivity index (χ1v) is 10.9. The van der Waals surface area contributed by atoms with E-state index < -0.39 is 11.9 Å². The number of aliphatic imine (C=N–C) groups is 1. The van der Waals surface area contributed by atoms with E-state index in [1.54, 1.807) is 54.6 Å². The number of nitrogen functional groups attached to an aromatic ring is 1. The van der Waals surface area contributed by atoms with Crippen LogP contribution in [0.5, 0.6) is 5.75 Å². The van der Waals surface area contributed by atoms with Crippen molar-refractivity contribution in [1.82, 2.24) is 0 Å². The summed E-state index contributed by atoms with van der Waals surface area (Å²) >= 11 is 0. The fourth-order valence-corrected chi connectivity index (χ4v) is 3.39. The number of unbranched alkanes of at least 4 members (excludes halogenated alkanes) is 1. The molecule has 0 atom stereocenters. The minimum Gasteiger partial charge on any atom is -0.423 e. The summed E-state index contributed by atoms with van der Waals surface area (Å²) in [7, 11) is 0. The van der Waals surface area contributed by atoms with Gasteiger partial charge in [0.1, 0.15) is 11.6 Å². The number of carbonyl (C=O) groups excluding carboxylic acids is 2. The molecule has 8 N–H and O–H groups in total. The molecule has 3 rings (SSSR count). The number of esters is 1. The Hall–Kier alpha value is -3.82. The van der Waals surface area contributed by atoms with Crippen molar-refractivity contribution in [2.75, 3.05) is 11.9 Å². The fourth-order valence-electron chi connectivity index (χ4n) is 3.39. The van der Waals surface area contributed by atoms with Gasteiger partial charge in [-0.05, 0) is 53.6 Å². The number of benzene rings is 3. The number of primary amides is 1. The lowest BCUT2D eigenvalue weighted by Gasteiger charge is -2.13. The number of carbonyl (C=O) groups is 2. The van der Waals surface area contributed by atoms with Crippen LogP contribution in [-0.4, -0.2) is 30.2 Å². The van der Waals surface area contributed by atoms with E-state index in [1.807, 2.05) is 0 Å². The van der Waals surface area contributed by atoms with Crippen molar-refractivity contribution < 1.29 is 14.3 Å². The smallest absolute Gasteiger partial charge is 0.343 e. The number of amides is 1. The van der Waals surface area contributed by atoms with Gasteiger partial charge in [0.15, 0.2) is 5.96 Å². The first kappa shape index (κ1) is 30.2. The largest absolute Gasteiger partial charge is 0.423 e. The number of nitrogens with zero attached hydrogens (tertiary/aromatic N) is 1. The number of amidine groups is 1. The Morgan fingerprint density at radius 3 is 2.25 bits per heavy atom. The number of guanidine groups is 1. The highest BCUT2D eigenvalue weighted by Gasteiger charge is 2.16. The van der Waals surface area contributed by atoms with Crippen LogP contribution in [0.3, 0.4) is 0 Å². The minimum absolute atomic E-state index is 0. The fraction of sp³-hybridized carbons (Fsp3) is 0.200. The van der Waals surface area contributed by atoms with Crippen LogP contribution >= 0.6 is 24.8 Å². The van der Waals surface area contributed by atoms with E-state index in [4.69, 9.17) is 27.3 Å². The van der Waals surface area contributed by atoms with Gasteiger partial charge in [-0.15, -0.1) is 24.8 Å². The predicted molar refractivity (Wildman–Crippen MR) is 149 cm³/mol. The Labute approximate surface area is 221 Å². The highest BCUT2D eigenvalue weighted by atomic mass is 35.5. The summed E-state index contributed by atoms with van der Waals surface area (Å²) in [5.41, 5.74) is 18.9. The van der Waals surface area contributed by atoms with Gasteiger partial charge >= 0.3 is 5.97 Å². The van der Waals surface area contributed by atoms with Crippen LogP contribution in [0, 0.1) is 5.41 Å². The summed E-state index contributed by atoms with van der Waals surface area (Å²) in [4.78, 5) is 28.7. The third-order valence-corrected chi connectivity index (χ3v) is 5.14.